The quantitative estimate of drug-likeness (QED) is 0.633. The standard InChI is InChI=1S/C15H15N5/c1-2-8-20(9-3-1)12-10-11-13(17-5-4-16-11)15-14(12)18-6-7-19-15/h4-7,10H,1-3,8-9H2. The van der Waals surface area contributed by atoms with E-state index in [1.165, 1.54) is 19.3 Å². The number of aromatic nitrogens is 4. The van der Waals surface area contributed by atoms with E-state index in [2.05, 4.69) is 30.9 Å². The Kier molecular flexibility index (Phi) is 2.69. The number of nitrogens with zero attached hydrogens (tertiary/aromatic N) is 5. The fourth-order valence-corrected chi connectivity index (χ4v) is 2.91. The minimum absolute atomic E-state index is 0.830. The Bertz CT molecular complexity index is 764. The van der Waals surface area contributed by atoms with E-state index in [4.69, 9.17) is 0 Å². The number of hydrogen-bond donors (Lipinski definition) is 0. The van der Waals surface area contributed by atoms with Crippen LogP contribution in [-0.2, 0) is 0 Å². The van der Waals surface area contributed by atoms with Gasteiger partial charge in [-0.15, -0.1) is 0 Å². The molecule has 100 valence electrons. The lowest BCUT2D eigenvalue weighted by Crippen LogP contribution is -2.29. The number of hydrogen-bond acceptors (Lipinski definition) is 5. The molecule has 0 N–H and O–H groups in total. The fourth-order valence-electron chi connectivity index (χ4n) is 2.91. The molecule has 5 heteroatoms. The van der Waals surface area contributed by atoms with Crippen LogP contribution in [0.1, 0.15) is 19.3 Å². The first-order valence-electron chi connectivity index (χ1n) is 7.03. The van der Waals surface area contributed by atoms with Gasteiger partial charge in [-0.3, -0.25) is 19.9 Å². The van der Waals surface area contributed by atoms with Crippen molar-refractivity contribution in [3.8, 4) is 0 Å². The highest BCUT2D eigenvalue weighted by atomic mass is 15.1. The molecule has 1 saturated heterocycles. The van der Waals surface area contributed by atoms with E-state index < -0.39 is 0 Å². The summed E-state index contributed by atoms with van der Waals surface area (Å²) >= 11 is 0. The monoisotopic (exact) mass is 265 g/mol. The lowest BCUT2D eigenvalue weighted by molar-refractivity contribution is 0.579. The van der Waals surface area contributed by atoms with Gasteiger partial charge in [-0.2, -0.15) is 0 Å². The van der Waals surface area contributed by atoms with E-state index in [1.807, 2.05) is 0 Å². The van der Waals surface area contributed by atoms with Crippen LogP contribution in [0.4, 0.5) is 5.69 Å². The number of anilines is 1. The average Bonchev–Trinajstić information content (AvgIpc) is 2.55. The first kappa shape index (κ1) is 11.5. The molecule has 3 heterocycles. The molecule has 3 aromatic rings. The van der Waals surface area contributed by atoms with E-state index in [1.54, 1.807) is 24.8 Å². The highest BCUT2D eigenvalue weighted by molar-refractivity contribution is 6.06. The molecule has 0 aliphatic carbocycles. The Morgan fingerprint density at radius 3 is 2.15 bits per heavy atom. The van der Waals surface area contributed by atoms with Gasteiger partial charge >= 0.3 is 0 Å². The zero-order valence-corrected chi connectivity index (χ0v) is 11.2. The molecule has 0 amide bonds. The van der Waals surface area contributed by atoms with Gasteiger partial charge in [0.1, 0.15) is 16.6 Å². The number of piperidine rings is 1. The Morgan fingerprint density at radius 1 is 0.700 bits per heavy atom. The van der Waals surface area contributed by atoms with Crippen molar-refractivity contribution in [2.75, 3.05) is 18.0 Å². The lowest BCUT2D eigenvalue weighted by Gasteiger charge is -2.29. The fraction of sp³-hybridized carbons (Fsp3) is 0.333. The second kappa shape index (κ2) is 4.67. The molecule has 1 aromatic carbocycles. The van der Waals surface area contributed by atoms with Gasteiger partial charge in [0.15, 0.2) is 0 Å². The van der Waals surface area contributed by atoms with Crippen LogP contribution in [0.15, 0.2) is 30.9 Å². The first-order valence-corrected chi connectivity index (χ1v) is 7.03. The van der Waals surface area contributed by atoms with Crippen LogP contribution in [0.3, 0.4) is 0 Å². The molecule has 0 saturated carbocycles. The maximum atomic E-state index is 4.53. The predicted octanol–water partition coefficient (Wildman–Crippen LogP) is 2.56. The van der Waals surface area contributed by atoms with Crippen LogP contribution >= 0.6 is 0 Å². The zero-order chi connectivity index (χ0) is 13.4. The number of fused-ring (bicyclic) bond motifs is 3. The summed E-state index contributed by atoms with van der Waals surface area (Å²) < 4.78 is 0. The summed E-state index contributed by atoms with van der Waals surface area (Å²) in [6.07, 6.45) is 10.7. The van der Waals surface area contributed by atoms with Gasteiger partial charge in [-0.25, -0.2) is 0 Å². The van der Waals surface area contributed by atoms with Crippen LogP contribution in [0.5, 0.6) is 0 Å². The first-order chi connectivity index (χ1) is 9.93. The molecule has 1 aliphatic rings. The zero-order valence-electron chi connectivity index (χ0n) is 11.2. The minimum Gasteiger partial charge on any atom is -0.370 e. The van der Waals surface area contributed by atoms with Crippen molar-refractivity contribution in [3.05, 3.63) is 30.9 Å². The van der Waals surface area contributed by atoms with Gasteiger partial charge in [0.05, 0.1) is 11.2 Å². The van der Waals surface area contributed by atoms with Crippen molar-refractivity contribution in [3.63, 3.8) is 0 Å². The van der Waals surface area contributed by atoms with Crippen molar-refractivity contribution in [2.24, 2.45) is 0 Å². The van der Waals surface area contributed by atoms with E-state index in [9.17, 15) is 0 Å². The summed E-state index contributed by atoms with van der Waals surface area (Å²) in [6, 6.07) is 2.10. The van der Waals surface area contributed by atoms with Gasteiger partial charge in [-0.1, -0.05) is 0 Å². The largest absolute Gasteiger partial charge is 0.370 e. The maximum Gasteiger partial charge on any atom is 0.119 e. The predicted molar refractivity (Wildman–Crippen MR) is 78.7 cm³/mol. The summed E-state index contributed by atoms with van der Waals surface area (Å²) in [5, 5.41) is 0. The molecule has 0 unspecified atom stereocenters. The topological polar surface area (TPSA) is 54.8 Å². The summed E-state index contributed by atoms with van der Waals surface area (Å²) in [5.41, 5.74) is 4.64. The Hall–Kier alpha value is -2.30. The molecule has 1 aliphatic heterocycles. The van der Waals surface area contributed by atoms with Crippen molar-refractivity contribution in [1.82, 2.24) is 19.9 Å². The van der Waals surface area contributed by atoms with Gasteiger partial charge in [-0.05, 0) is 25.3 Å². The van der Waals surface area contributed by atoms with Gasteiger partial charge < -0.3 is 4.90 Å². The molecule has 4 rings (SSSR count). The summed E-state index contributed by atoms with van der Waals surface area (Å²) in [5.74, 6) is 0. The Balaban J connectivity index is 2.02. The third-order valence-corrected chi connectivity index (χ3v) is 3.86. The van der Waals surface area contributed by atoms with Crippen LogP contribution in [0.2, 0.25) is 0 Å². The smallest absolute Gasteiger partial charge is 0.119 e. The highest BCUT2D eigenvalue weighted by Gasteiger charge is 2.17. The molecule has 2 aromatic heterocycles. The second-order valence-electron chi connectivity index (χ2n) is 5.12. The highest BCUT2D eigenvalue weighted by Crippen LogP contribution is 2.31. The van der Waals surface area contributed by atoms with Crippen molar-refractivity contribution < 1.29 is 0 Å². The average molecular weight is 265 g/mol. The molecule has 20 heavy (non-hydrogen) atoms. The molecule has 0 bridgehead atoms. The molecule has 0 atom stereocenters. The number of rotatable bonds is 1. The van der Waals surface area contributed by atoms with E-state index >= 15 is 0 Å². The third kappa shape index (κ3) is 1.78. The van der Waals surface area contributed by atoms with Crippen LogP contribution in [0.25, 0.3) is 22.1 Å². The normalized spacial score (nSPS) is 15.9. The van der Waals surface area contributed by atoms with Crippen molar-refractivity contribution in [2.45, 2.75) is 19.3 Å². The SMILES string of the molecule is c1cnc2c(cc(N3CCCCC3)c3nccnc32)n1. The maximum absolute atomic E-state index is 4.53. The molecular weight excluding hydrogens is 250 g/mol. The van der Waals surface area contributed by atoms with E-state index in [0.29, 0.717) is 0 Å². The van der Waals surface area contributed by atoms with Gasteiger partial charge in [0, 0.05) is 37.9 Å². The Morgan fingerprint density at radius 2 is 1.35 bits per heavy atom. The number of benzene rings is 1. The second-order valence-corrected chi connectivity index (χ2v) is 5.12. The van der Waals surface area contributed by atoms with E-state index in [0.717, 1.165) is 40.8 Å². The van der Waals surface area contributed by atoms with E-state index in [-0.39, 0.29) is 0 Å². The van der Waals surface area contributed by atoms with Crippen molar-refractivity contribution in [1.29, 1.82) is 0 Å². The minimum atomic E-state index is 0.830. The third-order valence-electron chi connectivity index (χ3n) is 3.86. The molecule has 5 nitrogen and oxygen atoms in total. The molecule has 1 fully saturated rings. The van der Waals surface area contributed by atoms with Crippen LogP contribution in [0, 0.1) is 0 Å². The molecule has 0 spiro atoms. The lowest BCUT2D eigenvalue weighted by atomic mass is 10.1. The molecule has 0 radical (unpaired) electrons. The van der Waals surface area contributed by atoms with Crippen molar-refractivity contribution >= 4 is 27.8 Å². The summed E-state index contributed by atoms with van der Waals surface area (Å²) in [6.45, 7) is 2.16. The van der Waals surface area contributed by atoms with Gasteiger partial charge in [0.2, 0.25) is 0 Å². The molecular formula is C15H15N5. The van der Waals surface area contributed by atoms with Crippen LogP contribution in [-0.4, -0.2) is 33.0 Å². The Labute approximate surface area is 116 Å². The van der Waals surface area contributed by atoms with Gasteiger partial charge in [0.25, 0.3) is 0 Å². The summed E-state index contributed by atoms with van der Waals surface area (Å²) in [7, 11) is 0. The van der Waals surface area contributed by atoms with Crippen LogP contribution < -0.4 is 4.90 Å². The summed E-state index contributed by atoms with van der Waals surface area (Å²) in [4.78, 5) is 20.2.